The minimum absolute atomic E-state index is 0.179. The van der Waals surface area contributed by atoms with E-state index in [0.29, 0.717) is 30.8 Å². The smallest absolute Gasteiger partial charge is 0.243 e. The second kappa shape index (κ2) is 9.62. The van der Waals surface area contributed by atoms with E-state index in [1.54, 1.807) is 30.3 Å². The molecule has 29 heavy (non-hydrogen) atoms. The number of carbonyl (C=O) groups excluding carboxylic acids is 1. The zero-order chi connectivity index (χ0) is 20.7. The number of sulfonamides is 1. The Kier molecular flexibility index (Phi) is 6.95. The predicted octanol–water partition coefficient (Wildman–Crippen LogP) is 3.21. The number of piperidine rings is 1. The van der Waals surface area contributed by atoms with E-state index in [-0.39, 0.29) is 11.8 Å². The monoisotopic (exact) mass is 411 g/mol. The maximum absolute atomic E-state index is 12.7. The van der Waals surface area contributed by atoms with Gasteiger partial charge in [0.15, 0.2) is 0 Å². The summed E-state index contributed by atoms with van der Waals surface area (Å²) in [7, 11) is -3.52. The van der Waals surface area contributed by atoms with Crippen molar-refractivity contribution in [3.8, 4) is 0 Å². The van der Waals surface area contributed by atoms with Gasteiger partial charge in [-0.05, 0) is 43.5 Å². The molecule has 1 saturated heterocycles. The van der Waals surface area contributed by atoms with Crippen LogP contribution in [0.2, 0.25) is 0 Å². The summed E-state index contributed by atoms with van der Waals surface area (Å²) in [5.41, 5.74) is 4.60. The van der Waals surface area contributed by atoms with Crippen LogP contribution in [0.1, 0.15) is 24.0 Å². The number of nitrogens with one attached hydrogen (secondary N) is 1. The lowest BCUT2D eigenvalue weighted by Gasteiger charge is -2.30. The van der Waals surface area contributed by atoms with Gasteiger partial charge in [0.2, 0.25) is 15.9 Å². The van der Waals surface area contributed by atoms with E-state index in [1.807, 2.05) is 43.3 Å². The molecule has 1 N–H and O–H groups in total. The van der Waals surface area contributed by atoms with E-state index < -0.39 is 10.0 Å². The summed E-state index contributed by atoms with van der Waals surface area (Å²) in [4.78, 5) is 12.6. The molecule has 0 aliphatic carbocycles. The number of rotatable bonds is 6. The van der Waals surface area contributed by atoms with Crippen LogP contribution in [-0.2, 0) is 14.8 Å². The number of nitrogens with zero attached hydrogens (tertiary/aromatic N) is 2. The van der Waals surface area contributed by atoms with Gasteiger partial charge in [0.05, 0.1) is 4.90 Å². The molecule has 0 aromatic heterocycles. The first-order valence-corrected chi connectivity index (χ1v) is 11.0. The van der Waals surface area contributed by atoms with Crippen LogP contribution >= 0.6 is 0 Å². The Labute approximate surface area is 172 Å². The van der Waals surface area contributed by atoms with E-state index in [2.05, 4.69) is 10.5 Å². The molecule has 1 heterocycles. The van der Waals surface area contributed by atoms with Gasteiger partial charge in [-0.2, -0.15) is 9.41 Å². The van der Waals surface area contributed by atoms with E-state index in [9.17, 15) is 13.2 Å². The van der Waals surface area contributed by atoms with Crippen molar-refractivity contribution in [1.29, 1.82) is 0 Å². The van der Waals surface area contributed by atoms with Gasteiger partial charge in [-0.3, -0.25) is 4.79 Å². The van der Waals surface area contributed by atoms with Crippen molar-refractivity contribution in [2.45, 2.75) is 24.7 Å². The minimum atomic E-state index is -3.52. The van der Waals surface area contributed by atoms with Crippen molar-refractivity contribution < 1.29 is 13.2 Å². The molecular formula is C22H25N3O3S. The van der Waals surface area contributed by atoms with Crippen LogP contribution in [0, 0.1) is 12.8 Å². The number of carbonyl (C=O) groups is 1. The van der Waals surface area contributed by atoms with Gasteiger partial charge in [-0.15, -0.1) is 0 Å². The Balaban J connectivity index is 1.48. The summed E-state index contributed by atoms with van der Waals surface area (Å²) >= 11 is 0. The van der Waals surface area contributed by atoms with Crippen LogP contribution in [-0.4, -0.2) is 37.9 Å². The molecule has 1 aliphatic heterocycles. The molecule has 0 atom stereocenters. The van der Waals surface area contributed by atoms with Crippen LogP contribution in [0.5, 0.6) is 0 Å². The van der Waals surface area contributed by atoms with Crippen molar-refractivity contribution >= 4 is 28.2 Å². The molecule has 2 aromatic carbocycles. The summed E-state index contributed by atoms with van der Waals surface area (Å²) < 4.78 is 26.9. The minimum Gasteiger partial charge on any atom is -0.273 e. The highest BCUT2D eigenvalue weighted by atomic mass is 32.2. The van der Waals surface area contributed by atoms with E-state index in [4.69, 9.17) is 0 Å². The summed E-state index contributed by atoms with van der Waals surface area (Å²) in [5.74, 6) is -0.420. The van der Waals surface area contributed by atoms with Gasteiger partial charge in [-0.1, -0.05) is 54.1 Å². The average Bonchev–Trinajstić information content (AvgIpc) is 2.74. The summed E-state index contributed by atoms with van der Waals surface area (Å²) in [6, 6.07) is 16.6. The standard InChI is InChI=1S/C22H25N3O3S/c1-18-9-11-21(12-10-18)29(27,28)25-16-13-20(14-17-25)22(26)24-23-15-5-8-19-6-3-2-4-7-19/h2-12,15,20H,13-14,16-17H2,1H3,(H,24,26). The summed E-state index contributed by atoms with van der Waals surface area (Å²) in [6.07, 6.45) is 6.14. The molecule has 0 spiro atoms. The molecule has 1 fully saturated rings. The number of benzene rings is 2. The van der Waals surface area contributed by atoms with Gasteiger partial charge in [-0.25, -0.2) is 13.8 Å². The highest BCUT2D eigenvalue weighted by Crippen LogP contribution is 2.24. The normalized spacial score (nSPS) is 16.4. The lowest BCUT2D eigenvalue weighted by atomic mass is 9.98. The van der Waals surface area contributed by atoms with E-state index in [1.165, 1.54) is 10.5 Å². The van der Waals surface area contributed by atoms with Crippen LogP contribution in [0.25, 0.3) is 6.08 Å². The first-order valence-electron chi connectivity index (χ1n) is 9.58. The van der Waals surface area contributed by atoms with Crippen molar-refractivity contribution in [2.75, 3.05) is 13.1 Å². The number of hydrogen-bond donors (Lipinski definition) is 1. The SMILES string of the molecule is Cc1ccc(S(=O)(=O)N2CCC(C(=O)NN=CC=Cc3ccccc3)CC2)cc1. The number of allylic oxidation sites excluding steroid dienone is 1. The second-order valence-electron chi connectivity index (χ2n) is 7.02. The Bertz CT molecular complexity index is 976. The lowest BCUT2D eigenvalue weighted by Crippen LogP contribution is -2.42. The van der Waals surface area contributed by atoms with Crippen molar-refractivity contribution in [2.24, 2.45) is 11.0 Å². The molecule has 3 rings (SSSR count). The number of hydrazone groups is 1. The highest BCUT2D eigenvalue weighted by Gasteiger charge is 2.31. The quantitative estimate of drug-likeness (QED) is 0.586. The zero-order valence-corrected chi connectivity index (χ0v) is 17.2. The fraction of sp³-hybridized carbons (Fsp3) is 0.273. The summed E-state index contributed by atoms with van der Waals surface area (Å²) in [6.45, 7) is 2.57. The molecule has 7 heteroatoms. The Hall–Kier alpha value is -2.77. The molecule has 1 aliphatic rings. The van der Waals surface area contributed by atoms with E-state index >= 15 is 0 Å². The molecule has 1 amide bonds. The third-order valence-corrected chi connectivity index (χ3v) is 6.82. The van der Waals surface area contributed by atoms with Crippen molar-refractivity contribution in [3.63, 3.8) is 0 Å². The molecule has 0 radical (unpaired) electrons. The molecule has 152 valence electrons. The van der Waals surface area contributed by atoms with E-state index in [0.717, 1.165) is 11.1 Å². The fourth-order valence-corrected chi connectivity index (χ4v) is 4.64. The maximum Gasteiger partial charge on any atom is 0.243 e. The number of amides is 1. The maximum atomic E-state index is 12.7. The zero-order valence-electron chi connectivity index (χ0n) is 16.4. The average molecular weight is 412 g/mol. The Morgan fingerprint density at radius 3 is 2.38 bits per heavy atom. The molecule has 6 nitrogen and oxygen atoms in total. The van der Waals surface area contributed by atoms with Crippen LogP contribution < -0.4 is 5.43 Å². The van der Waals surface area contributed by atoms with Gasteiger partial charge in [0.25, 0.3) is 0 Å². The summed E-state index contributed by atoms with van der Waals surface area (Å²) in [5, 5.41) is 3.94. The third kappa shape index (κ3) is 5.62. The predicted molar refractivity (Wildman–Crippen MR) is 115 cm³/mol. The highest BCUT2D eigenvalue weighted by molar-refractivity contribution is 7.89. The number of hydrogen-bond acceptors (Lipinski definition) is 4. The van der Waals surface area contributed by atoms with Gasteiger partial charge < -0.3 is 0 Å². The fourth-order valence-electron chi connectivity index (χ4n) is 3.17. The van der Waals surface area contributed by atoms with Gasteiger partial charge in [0, 0.05) is 25.2 Å². The molecule has 0 saturated carbocycles. The number of aryl methyl sites for hydroxylation is 1. The molecular weight excluding hydrogens is 386 g/mol. The van der Waals surface area contributed by atoms with Gasteiger partial charge in [0.1, 0.15) is 0 Å². The molecule has 0 bridgehead atoms. The first kappa shape index (κ1) is 21.0. The lowest BCUT2D eigenvalue weighted by molar-refractivity contribution is -0.126. The van der Waals surface area contributed by atoms with Crippen molar-refractivity contribution in [3.05, 3.63) is 71.8 Å². The van der Waals surface area contributed by atoms with Crippen LogP contribution in [0.4, 0.5) is 0 Å². The van der Waals surface area contributed by atoms with Crippen LogP contribution in [0.15, 0.2) is 70.7 Å². The molecule has 2 aromatic rings. The van der Waals surface area contributed by atoms with Gasteiger partial charge >= 0.3 is 0 Å². The largest absolute Gasteiger partial charge is 0.273 e. The topological polar surface area (TPSA) is 78.8 Å². The second-order valence-corrected chi connectivity index (χ2v) is 8.95. The van der Waals surface area contributed by atoms with Crippen molar-refractivity contribution in [1.82, 2.24) is 9.73 Å². The van der Waals surface area contributed by atoms with Crippen LogP contribution in [0.3, 0.4) is 0 Å². The molecule has 0 unspecified atom stereocenters. The third-order valence-electron chi connectivity index (χ3n) is 4.91. The Morgan fingerprint density at radius 2 is 1.72 bits per heavy atom. The first-order chi connectivity index (χ1) is 14.0. The Morgan fingerprint density at radius 1 is 1.07 bits per heavy atom.